The Morgan fingerprint density at radius 1 is 0.765 bits per heavy atom. The molecule has 3 heteroatoms. The molecule has 0 amide bonds. The Balaban J connectivity index is 2.17. The fourth-order valence-corrected chi connectivity index (χ4v) is 2.36. The zero-order valence-corrected chi connectivity index (χ0v) is 9.53. The molecule has 0 saturated heterocycles. The van der Waals surface area contributed by atoms with Crippen LogP contribution >= 0.6 is 0 Å². The molecule has 3 nitrogen and oxygen atoms in total. The van der Waals surface area contributed by atoms with Gasteiger partial charge in [-0.1, -0.05) is 24.3 Å². The predicted octanol–water partition coefficient (Wildman–Crippen LogP) is 2.69. The van der Waals surface area contributed by atoms with Crippen molar-refractivity contribution in [2.24, 2.45) is 0 Å². The molecular formula is C14H15N3. The summed E-state index contributed by atoms with van der Waals surface area (Å²) in [6.07, 6.45) is 1.98. The van der Waals surface area contributed by atoms with Crippen LogP contribution in [0, 0.1) is 0 Å². The molecule has 0 aliphatic carbocycles. The van der Waals surface area contributed by atoms with Crippen LogP contribution in [0.5, 0.6) is 0 Å². The van der Waals surface area contributed by atoms with Crippen molar-refractivity contribution in [2.75, 3.05) is 16.8 Å². The van der Waals surface area contributed by atoms with Crippen molar-refractivity contribution in [1.82, 2.24) is 0 Å². The number of para-hydroxylation sites is 2. The van der Waals surface area contributed by atoms with E-state index in [9.17, 15) is 0 Å². The lowest BCUT2D eigenvalue weighted by Crippen LogP contribution is -2.01. The predicted molar refractivity (Wildman–Crippen MR) is 72.4 cm³/mol. The molecule has 0 bridgehead atoms. The first-order chi connectivity index (χ1) is 8.25. The normalized spacial score (nSPS) is 13.2. The molecule has 2 aromatic rings. The molecular weight excluding hydrogens is 210 g/mol. The molecule has 0 saturated carbocycles. The number of rotatable bonds is 0. The van der Waals surface area contributed by atoms with E-state index in [2.05, 4.69) is 17.4 Å². The molecule has 3 rings (SSSR count). The van der Waals surface area contributed by atoms with Gasteiger partial charge < -0.3 is 16.8 Å². The fraction of sp³-hybridized carbons (Fsp3) is 0.143. The summed E-state index contributed by atoms with van der Waals surface area (Å²) in [6.45, 7) is 0. The maximum absolute atomic E-state index is 6.01. The second-order valence-electron chi connectivity index (χ2n) is 4.39. The summed E-state index contributed by atoms with van der Waals surface area (Å²) in [7, 11) is 0. The lowest BCUT2D eigenvalue weighted by molar-refractivity contribution is 0.978. The van der Waals surface area contributed by atoms with Gasteiger partial charge in [0.15, 0.2) is 0 Å². The Bertz CT molecular complexity index is 524. The third kappa shape index (κ3) is 1.60. The van der Waals surface area contributed by atoms with Gasteiger partial charge in [-0.3, -0.25) is 0 Å². The van der Waals surface area contributed by atoms with Crippen LogP contribution < -0.4 is 16.8 Å². The maximum Gasteiger partial charge on any atom is 0.0651 e. The Labute approximate surface area is 100 Å². The zero-order chi connectivity index (χ0) is 11.8. The van der Waals surface area contributed by atoms with Crippen LogP contribution in [0.1, 0.15) is 11.1 Å². The molecule has 0 atom stereocenters. The fourth-order valence-electron chi connectivity index (χ4n) is 2.36. The van der Waals surface area contributed by atoms with Gasteiger partial charge in [-0.15, -0.1) is 0 Å². The number of aryl methyl sites for hydroxylation is 2. The SMILES string of the molecule is Nc1cccc2c1Nc1c(N)cccc1CC2. The second-order valence-corrected chi connectivity index (χ2v) is 4.39. The van der Waals surface area contributed by atoms with Crippen molar-refractivity contribution in [3.05, 3.63) is 47.5 Å². The number of benzene rings is 2. The number of nitrogen functional groups attached to an aromatic ring is 2. The van der Waals surface area contributed by atoms with Crippen molar-refractivity contribution in [3.63, 3.8) is 0 Å². The number of hydrogen-bond acceptors (Lipinski definition) is 3. The van der Waals surface area contributed by atoms with Crippen LogP contribution in [0.15, 0.2) is 36.4 Å². The lowest BCUT2D eigenvalue weighted by atomic mass is 10.0. The van der Waals surface area contributed by atoms with Gasteiger partial charge in [-0.2, -0.15) is 0 Å². The first-order valence-electron chi connectivity index (χ1n) is 5.77. The number of nitrogens with two attached hydrogens (primary N) is 2. The van der Waals surface area contributed by atoms with E-state index < -0.39 is 0 Å². The molecule has 0 fully saturated rings. The van der Waals surface area contributed by atoms with Crippen LogP contribution in [-0.2, 0) is 12.8 Å². The van der Waals surface area contributed by atoms with E-state index in [0.717, 1.165) is 35.6 Å². The number of fused-ring (bicyclic) bond motifs is 2. The molecule has 0 spiro atoms. The van der Waals surface area contributed by atoms with Gasteiger partial charge in [-0.05, 0) is 36.1 Å². The van der Waals surface area contributed by atoms with E-state index >= 15 is 0 Å². The first-order valence-corrected chi connectivity index (χ1v) is 5.77. The topological polar surface area (TPSA) is 64.1 Å². The molecule has 0 unspecified atom stereocenters. The molecule has 2 aromatic carbocycles. The van der Waals surface area contributed by atoms with Gasteiger partial charge in [0.25, 0.3) is 0 Å². The smallest absolute Gasteiger partial charge is 0.0651 e. The first kappa shape index (κ1) is 10.0. The molecule has 17 heavy (non-hydrogen) atoms. The monoisotopic (exact) mass is 225 g/mol. The van der Waals surface area contributed by atoms with Gasteiger partial charge >= 0.3 is 0 Å². The summed E-state index contributed by atoms with van der Waals surface area (Å²) in [5, 5.41) is 3.39. The van der Waals surface area contributed by atoms with E-state index in [1.807, 2.05) is 24.3 Å². The van der Waals surface area contributed by atoms with E-state index in [1.54, 1.807) is 0 Å². The van der Waals surface area contributed by atoms with Crippen molar-refractivity contribution >= 4 is 22.7 Å². The summed E-state index contributed by atoms with van der Waals surface area (Å²) in [5.74, 6) is 0. The molecule has 1 aliphatic heterocycles. The highest BCUT2D eigenvalue weighted by Crippen LogP contribution is 2.36. The summed E-state index contributed by atoms with van der Waals surface area (Å²) >= 11 is 0. The summed E-state index contributed by atoms with van der Waals surface area (Å²) in [6, 6.07) is 12.0. The third-order valence-electron chi connectivity index (χ3n) is 3.28. The Kier molecular flexibility index (Phi) is 2.18. The Morgan fingerprint density at radius 2 is 1.24 bits per heavy atom. The molecule has 5 N–H and O–H groups in total. The zero-order valence-electron chi connectivity index (χ0n) is 9.53. The molecule has 0 radical (unpaired) electrons. The van der Waals surface area contributed by atoms with E-state index in [1.165, 1.54) is 11.1 Å². The molecule has 86 valence electrons. The van der Waals surface area contributed by atoms with Crippen molar-refractivity contribution in [2.45, 2.75) is 12.8 Å². The van der Waals surface area contributed by atoms with Gasteiger partial charge in [0.2, 0.25) is 0 Å². The quantitative estimate of drug-likeness (QED) is 0.604. The highest BCUT2D eigenvalue weighted by Gasteiger charge is 2.15. The maximum atomic E-state index is 6.01. The summed E-state index contributed by atoms with van der Waals surface area (Å²) in [4.78, 5) is 0. The van der Waals surface area contributed by atoms with Crippen LogP contribution in [0.4, 0.5) is 22.7 Å². The highest BCUT2D eigenvalue weighted by atomic mass is 14.9. The van der Waals surface area contributed by atoms with E-state index in [-0.39, 0.29) is 0 Å². The Hall–Kier alpha value is -2.16. The number of hydrogen-bond donors (Lipinski definition) is 3. The number of anilines is 4. The van der Waals surface area contributed by atoms with E-state index in [0.29, 0.717) is 0 Å². The highest BCUT2D eigenvalue weighted by molar-refractivity contribution is 5.83. The standard InChI is InChI=1S/C14H15N3/c15-11-5-1-3-9-7-8-10-4-2-6-12(16)14(10)17-13(9)11/h1-6,17H,7-8,15-16H2. The molecule has 1 heterocycles. The van der Waals surface area contributed by atoms with Gasteiger partial charge in [0, 0.05) is 0 Å². The van der Waals surface area contributed by atoms with Crippen LogP contribution in [0.3, 0.4) is 0 Å². The average Bonchev–Trinajstić information content (AvgIpc) is 2.51. The van der Waals surface area contributed by atoms with Crippen LogP contribution in [0.25, 0.3) is 0 Å². The average molecular weight is 225 g/mol. The minimum Gasteiger partial charge on any atom is -0.397 e. The Morgan fingerprint density at radius 3 is 1.71 bits per heavy atom. The summed E-state index contributed by atoms with van der Waals surface area (Å²) in [5.41, 5.74) is 18.1. The van der Waals surface area contributed by atoms with Crippen LogP contribution in [-0.4, -0.2) is 0 Å². The van der Waals surface area contributed by atoms with Gasteiger partial charge in [0.1, 0.15) is 0 Å². The lowest BCUT2D eigenvalue weighted by Gasteiger charge is -2.13. The number of nitrogens with one attached hydrogen (secondary N) is 1. The minimum absolute atomic E-state index is 0.776. The minimum atomic E-state index is 0.776. The second kappa shape index (κ2) is 3.70. The van der Waals surface area contributed by atoms with Crippen molar-refractivity contribution in [1.29, 1.82) is 0 Å². The van der Waals surface area contributed by atoms with Crippen molar-refractivity contribution < 1.29 is 0 Å². The van der Waals surface area contributed by atoms with E-state index in [4.69, 9.17) is 11.5 Å². The van der Waals surface area contributed by atoms with Crippen LogP contribution in [0.2, 0.25) is 0 Å². The molecule has 0 aromatic heterocycles. The van der Waals surface area contributed by atoms with Gasteiger partial charge in [0.05, 0.1) is 22.7 Å². The molecule has 1 aliphatic rings. The summed E-state index contributed by atoms with van der Waals surface area (Å²) < 4.78 is 0. The van der Waals surface area contributed by atoms with Crippen molar-refractivity contribution in [3.8, 4) is 0 Å². The van der Waals surface area contributed by atoms with Gasteiger partial charge in [-0.25, -0.2) is 0 Å². The third-order valence-corrected chi connectivity index (χ3v) is 3.28. The largest absolute Gasteiger partial charge is 0.397 e.